The van der Waals surface area contributed by atoms with Crippen LogP contribution in [0.5, 0.6) is 5.75 Å². The van der Waals surface area contributed by atoms with Gasteiger partial charge in [0, 0.05) is 9.30 Å². The van der Waals surface area contributed by atoms with Crippen molar-refractivity contribution in [1.82, 2.24) is 0 Å². The van der Waals surface area contributed by atoms with Crippen molar-refractivity contribution in [3.63, 3.8) is 0 Å². The van der Waals surface area contributed by atoms with Gasteiger partial charge in [-0.3, -0.25) is 0 Å². The fraction of sp³-hybridized carbons (Fsp3) is 0.200. The molecular formula is C15H13Br2FO. The number of rotatable bonds is 4. The minimum atomic E-state index is -0.228. The third-order valence-corrected chi connectivity index (χ3v) is 4.38. The lowest BCUT2D eigenvalue weighted by atomic mass is 10.0. The van der Waals surface area contributed by atoms with Gasteiger partial charge in [-0.15, -0.1) is 0 Å². The Morgan fingerprint density at radius 1 is 1.21 bits per heavy atom. The van der Waals surface area contributed by atoms with Crippen LogP contribution in [0.1, 0.15) is 16.0 Å². The van der Waals surface area contributed by atoms with Gasteiger partial charge in [-0.25, -0.2) is 4.39 Å². The van der Waals surface area contributed by atoms with Crippen LogP contribution >= 0.6 is 31.9 Å². The Morgan fingerprint density at radius 3 is 2.74 bits per heavy atom. The van der Waals surface area contributed by atoms with Gasteiger partial charge >= 0.3 is 0 Å². The molecule has 0 aliphatic carbocycles. The average molecular weight is 388 g/mol. The van der Waals surface area contributed by atoms with Gasteiger partial charge in [0.25, 0.3) is 0 Å². The van der Waals surface area contributed by atoms with Gasteiger partial charge in [-0.05, 0) is 47.9 Å². The van der Waals surface area contributed by atoms with E-state index in [-0.39, 0.29) is 10.6 Å². The standard InChI is InChI=1S/C15H13Br2FO/c1-19-12-4-2-3-10(7-12)8-15(17)13-9-11(18)5-6-14(13)16/h2-7,9,15H,8H2,1H3. The van der Waals surface area contributed by atoms with Crippen molar-refractivity contribution in [3.05, 3.63) is 63.9 Å². The fourth-order valence-electron chi connectivity index (χ4n) is 1.87. The molecule has 1 atom stereocenters. The number of benzene rings is 2. The predicted octanol–water partition coefficient (Wildman–Crippen LogP) is 5.28. The topological polar surface area (TPSA) is 9.23 Å². The Kier molecular flexibility index (Phi) is 4.99. The molecule has 0 fully saturated rings. The molecule has 0 aliphatic heterocycles. The van der Waals surface area contributed by atoms with Crippen molar-refractivity contribution in [2.24, 2.45) is 0 Å². The van der Waals surface area contributed by atoms with E-state index < -0.39 is 0 Å². The molecule has 100 valence electrons. The van der Waals surface area contributed by atoms with E-state index in [1.54, 1.807) is 19.2 Å². The summed E-state index contributed by atoms with van der Waals surface area (Å²) in [7, 11) is 1.65. The SMILES string of the molecule is COc1cccc(CC(Br)c2cc(F)ccc2Br)c1. The molecule has 19 heavy (non-hydrogen) atoms. The number of alkyl halides is 1. The number of ether oxygens (including phenoxy) is 1. The highest BCUT2D eigenvalue weighted by atomic mass is 79.9. The van der Waals surface area contributed by atoms with E-state index in [4.69, 9.17) is 4.74 Å². The molecule has 0 aromatic heterocycles. The number of hydrogen-bond donors (Lipinski definition) is 0. The first kappa shape index (κ1) is 14.5. The predicted molar refractivity (Wildman–Crippen MR) is 82.5 cm³/mol. The summed E-state index contributed by atoms with van der Waals surface area (Å²) in [5.74, 6) is 0.601. The van der Waals surface area contributed by atoms with E-state index in [1.807, 2.05) is 24.3 Å². The van der Waals surface area contributed by atoms with Gasteiger partial charge in [0.05, 0.1) is 7.11 Å². The number of hydrogen-bond acceptors (Lipinski definition) is 1. The van der Waals surface area contributed by atoms with Gasteiger partial charge < -0.3 is 4.74 Å². The molecule has 0 aliphatic rings. The van der Waals surface area contributed by atoms with Gasteiger partial charge in [0.1, 0.15) is 11.6 Å². The van der Waals surface area contributed by atoms with Crippen LogP contribution in [-0.4, -0.2) is 7.11 Å². The number of methoxy groups -OCH3 is 1. The number of halogens is 3. The van der Waals surface area contributed by atoms with Gasteiger partial charge in [-0.1, -0.05) is 44.0 Å². The second-order valence-corrected chi connectivity index (χ2v) is 6.15. The lowest BCUT2D eigenvalue weighted by Gasteiger charge is -2.13. The molecule has 0 spiro atoms. The van der Waals surface area contributed by atoms with E-state index in [1.165, 1.54) is 6.07 Å². The summed E-state index contributed by atoms with van der Waals surface area (Å²) in [4.78, 5) is 0.0460. The summed E-state index contributed by atoms with van der Waals surface area (Å²) in [5.41, 5.74) is 2.04. The van der Waals surface area contributed by atoms with Crippen LogP contribution in [0, 0.1) is 5.82 Å². The monoisotopic (exact) mass is 386 g/mol. The second-order valence-electron chi connectivity index (χ2n) is 4.19. The maximum absolute atomic E-state index is 13.3. The summed E-state index contributed by atoms with van der Waals surface area (Å²) in [6.07, 6.45) is 0.763. The molecule has 0 amide bonds. The van der Waals surface area contributed by atoms with Gasteiger partial charge in [-0.2, -0.15) is 0 Å². The van der Waals surface area contributed by atoms with Gasteiger partial charge in [0.15, 0.2) is 0 Å². The Hall–Kier alpha value is -0.870. The summed E-state index contributed by atoms with van der Waals surface area (Å²) >= 11 is 7.07. The molecule has 0 saturated carbocycles. The van der Waals surface area contributed by atoms with Gasteiger partial charge in [0.2, 0.25) is 0 Å². The second kappa shape index (κ2) is 6.53. The van der Waals surface area contributed by atoms with Crippen LogP contribution in [0.15, 0.2) is 46.9 Å². The average Bonchev–Trinajstić information content (AvgIpc) is 2.41. The lowest BCUT2D eigenvalue weighted by Crippen LogP contribution is -1.98. The smallest absolute Gasteiger partial charge is 0.123 e. The molecule has 0 N–H and O–H groups in total. The molecule has 0 radical (unpaired) electrons. The van der Waals surface area contributed by atoms with Crippen molar-refractivity contribution < 1.29 is 9.13 Å². The maximum atomic E-state index is 13.3. The molecule has 0 heterocycles. The minimum Gasteiger partial charge on any atom is -0.497 e. The summed E-state index contributed by atoms with van der Waals surface area (Å²) in [6.45, 7) is 0. The van der Waals surface area contributed by atoms with Crippen molar-refractivity contribution in [2.45, 2.75) is 11.2 Å². The zero-order valence-electron chi connectivity index (χ0n) is 10.4. The highest BCUT2D eigenvalue weighted by Crippen LogP contribution is 2.33. The highest BCUT2D eigenvalue weighted by molar-refractivity contribution is 9.11. The Bertz CT molecular complexity index is 572. The van der Waals surface area contributed by atoms with Crippen LogP contribution in [0.25, 0.3) is 0 Å². The molecular weight excluding hydrogens is 375 g/mol. The normalized spacial score (nSPS) is 12.2. The molecule has 2 rings (SSSR count). The van der Waals surface area contributed by atoms with Crippen molar-refractivity contribution >= 4 is 31.9 Å². The fourth-order valence-corrected chi connectivity index (χ4v) is 3.45. The Morgan fingerprint density at radius 2 is 2.00 bits per heavy atom. The molecule has 1 unspecified atom stereocenters. The van der Waals surface area contributed by atoms with Crippen LogP contribution in [0.2, 0.25) is 0 Å². The minimum absolute atomic E-state index is 0.0460. The molecule has 4 heteroatoms. The van der Waals surface area contributed by atoms with E-state index >= 15 is 0 Å². The summed E-state index contributed by atoms with van der Waals surface area (Å²) in [6, 6.07) is 12.6. The van der Waals surface area contributed by atoms with Crippen LogP contribution < -0.4 is 4.74 Å². The first-order valence-corrected chi connectivity index (χ1v) is 7.53. The Balaban J connectivity index is 2.20. The highest BCUT2D eigenvalue weighted by Gasteiger charge is 2.13. The van der Waals surface area contributed by atoms with Crippen molar-refractivity contribution in [2.75, 3.05) is 7.11 Å². The van der Waals surface area contributed by atoms with E-state index in [0.29, 0.717) is 0 Å². The quantitative estimate of drug-likeness (QED) is 0.649. The van der Waals surface area contributed by atoms with Crippen LogP contribution in [0.4, 0.5) is 4.39 Å². The van der Waals surface area contributed by atoms with E-state index in [9.17, 15) is 4.39 Å². The Labute approximate surface area is 129 Å². The largest absolute Gasteiger partial charge is 0.497 e. The zero-order valence-corrected chi connectivity index (χ0v) is 13.5. The summed E-state index contributed by atoms with van der Waals surface area (Å²) < 4.78 is 19.4. The maximum Gasteiger partial charge on any atom is 0.123 e. The van der Waals surface area contributed by atoms with E-state index in [0.717, 1.165) is 27.8 Å². The molecule has 0 bridgehead atoms. The molecule has 1 nitrogen and oxygen atoms in total. The third-order valence-electron chi connectivity index (χ3n) is 2.84. The first-order valence-electron chi connectivity index (χ1n) is 5.82. The van der Waals surface area contributed by atoms with Crippen LogP contribution in [0.3, 0.4) is 0 Å². The first-order chi connectivity index (χ1) is 9.10. The summed E-state index contributed by atoms with van der Waals surface area (Å²) in [5, 5.41) is 0. The molecule has 2 aromatic carbocycles. The van der Waals surface area contributed by atoms with Crippen molar-refractivity contribution in [1.29, 1.82) is 0 Å². The molecule has 2 aromatic rings. The van der Waals surface area contributed by atoms with Crippen molar-refractivity contribution in [3.8, 4) is 5.75 Å². The van der Waals surface area contributed by atoms with E-state index in [2.05, 4.69) is 31.9 Å². The zero-order chi connectivity index (χ0) is 13.8. The lowest BCUT2D eigenvalue weighted by molar-refractivity contribution is 0.414. The molecule has 0 saturated heterocycles. The van der Waals surface area contributed by atoms with Crippen LogP contribution in [-0.2, 0) is 6.42 Å². The third kappa shape index (κ3) is 3.80.